The lowest BCUT2D eigenvalue weighted by Crippen LogP contribution is -2.34. The van der Waals surface area contributed by atoms with E-state index in [1.54, 1.807) is 13.8 Å². The predicted octanol–water partition coefficient (Wildman–Crippen LogP) is -0.453. The number of nitrogens with one attached hydrogen (secondary N) is 2. The Balaban J connectivity index is 2.19. The second-order valence-corrected chi connectivity index (χ2v) is 4.25. The number of aliphatic hydroxyl groups is 1. The smallest absolute Gasteiger partial charge is 0.264 e. The van der Waals surface area contributed by atoms with Gasteiger partial charge in [-0.25, -0.2) is 0 Å². The normalized spacial score (nSPS) is 12.4. The van der Waals surface area contributed by atoms with Gasteiger partial charge in [0.15, 0.2) is 0 Å². The first-order chi connectivity index (χ1) is 7.61. The van der Waals surface area contributed by atoms with Crippen molar-refractivity contribution >= 4 is 17.4 Å². The number of amides is 1. The molecule has 7 heteroatoms. The van der Waals surface area contributed by atoms with Crippen molar-refractivity contribution < 1.29 is 9.90 Å². The standard InChI is InChI=1S/C9H16N4O2S/c1-6(14)5-10-3-4-11-9(15)8-7(2)12-13-16-8/h6,10,14H,3-5H2,1-2H3,(H,11,15). The van der Waals surface area contributed by atoms with E-state index in [0.717, 1.165) is 11.5 Å². The SMILES string of the molecule is Cc1nnsc1C(=O)NCCNCC(C)O. The Morgan fingerprint density at radius 3 is 2.88 bits per heavy atom. The van der Waals surface area contributed by atoms with E-state index in [1.807, 2.05) is 0 Å². The number of aromatic nitrogens is 2. The highest BCUT2D eigenvalue weighted by molar-refractivity contribution is 7.07. The molecule has 0 aliphatic carbocycles. The van der Waals surface area contributed by atoms with Gasteiger partial charge in [-0.3, -0.25) is 4.79 Å². The molecule has 0 saturated carbocycles. The van der Waals surface area contributed by atoms with Crippen LogP contribution in [0.1, 0.15) is 22.3 Å². The molecule has 1 heterocycles. The summed E-state index contributed by atoms with van der Waals surface area (Å²) < 4.78 is 3.69. The number of aliphatic hydroxyl groups excluding tert-OH is 1. The molecular weight excluding hydrogens is 228 g/mol. The molecule has 0 aliphatic heterocycles. The Hall–Kier alpha value is -1.05. The third kappa shape index (κ3) is 4.21. The molecular formula is C9H16N4O2S. The molecule has 0 bridgehead atoms. The summed E-state index contributed by atoms with van der Waals surface area (Å²) in [6.45, 7) is 5.13. The van der Waals surface area contributed by atoms with Gasteiger partial charge in [-0.2, -0.15) is 0 Å². The summed E-state index contributed by atoms with van der Waals surface area (Å²) in [6, 6.07) is 0. The molecule has 1 aromatic rings. The third-order valence-electron chi connectivity index (χ3n) is 1.88. The number of carbonyl (C=O) groups excluding carboxylic acids is 1. The van der Waals surface area contributed by atoms with Gasteiger partial charge in [0, 0.05) is 19.6 Å². The molecule has 1 atom stereocenters. The average molecular weight is 244 g/mol. The Morgan fingerprint density at radius 2 is 2.31 bits per heavy atom. The van der Waals surface area contributed by atoms with E-state index in [4.69, 9.17) is 5.11 Å². The van der Waals surface area contributed by atoms with Gasteiger partial charge in [-0.1, -0.05) is 4.49 Å². The van der Waals surface area contributed by atoms with Crippen LogP contribution in [0.25, 0.3) is 0 Å². The number of hydrogen-bond acceptors (Lipinski definition) is 6. The van der Waals surface area contributed by atoms with Crippen LogP contribution in [-0.4, -0.2) is 46.3 Å². The Bertz CT molecular complexity index is 340. The minimum absolute atomic E-state index is 0.147. The fourth-order valence-electron chi connectivity index (χ4n) is 1.10. The Labute approximate surface area is 98.2 Å². The van der Waals surface area contributed by atoms with Crippen LogP contribution in [0.2, 0.25) is 0 Å². The molecule has 1 unspecified atom stereocenters. The fourth-order valence-corrected chi connectivity index (χ4v) is 1.67. The largest absolute Gasteiger partial charge is 0.392 e. The first-order valence-electron chi connectivity index (χ1n) is 5.07. The predicted molar refractivity (Wildman–Crippen MR) is 61.5 cm³/mol. The lowest BCUT2D eigenvalue weighted by molar-refractivity contribution is 0.0957. The molecule has 0 saturated heterocycles. The van der Waals surface area contributed by atoms with Crippen molar-refractivity contribution in [1.29, 1.82) is 0 Å². The first-order valence-corrected chi connectivity index (χ1v) is 5.84. The van der Waals surface area contributed by atoms with Gasteiger partial charge in [0.2, 0.25) is 0 Å². The fraction of sp³-hybridized carbons (Fsp3) is 0.667. The highest BCUT2D eigenvalue weighted by Crippen LogP contribution is 2.07. The Morgan fingerprint density at radius 1 is 1.56 bits per heavy atom. The molecule has 3 N–H and O–H groups in total. The van der Waals surface area contributed by atoms with E-state index < -0.39 is 0 Å². The molecule has 16 heavy (non-hydrogen) atoms. The molecule has 1 amide bonds. The number of aryl methyl sites for hydroxylation is 1. The van der Waals surface area contributed by atoms with E-state index >= 15 is 0 Å². The molecule has 90 valence electrons. The highest BCUT2D eigenvalue weighted by Gasteiger charge is 2.11. The molecule has 0 fully saturated rings. The Kier molecular flexibility index (Phi) is 5.30. The van der Waals surface area contributed by atoms with Crippen molar-refractivity contribution in [3.05, 3.63) is 10.6 Å². The molecule has 0 aromatic carbocycles. The van der Waals surface area contributed by atoms with Crippen LogP contribution in [0.5, 0.6) is 0 Å². The second-order valence-electron chi connectivity index (χ2n) is 3.50. The minimum atomic E-state index is -0.372. The van der Waals surface area contributed by atoms with Crippen LogP contribution in [0.3, 0.4) is 0 Å². The summed E-state index contributed by atoms with van der Waals surface area (Å²) in [5.41, 5.74) is 0.652. The summed E-state index contributed by atoms with van der Waals surface area (Å²) >= 11 is 1.09. The minimum Gasteiger partial charge on any atom is -0.392 e. The van der Waals surface area contributed by atoms with Gasteiger partial charge in [-0.15, -0.1) is 5.10 Å². The summed E-state index contributed by atoms with van der Waals surface area (Å²) in [6.07, 6.45) is -0.372. The van der Waals surface area contributed by atoms with E-state index in [2.05, 4.69) is 20.2 Å². The van der Waals surface area contributed by atoms with Crippen LogP contribution in [0.4, 0.5) is 0 Å². The maximum absolute atomic E-state index is 11.6. The summed E-state index contributed by atoms with van der Waals surface area (Å²) in [5.74, 6) is -0.147. The van der Waals surface area contributed by atoms with Crippen LogP contribution in [-0.2, 0) is 0 Å². The topological polar surface area (TPSA) is 87.1 Å². The zero-order valence-electron chi connectivity index (χ0n) is 9.36. The van der Waals surface area contributed by atoms with Gasteiger partial charge in [0.25, 0.3) is 5.91 Å². The zero-order valence-corrected chi connectivity index (χ0v) is 10.2. The van der Waals surface area contributed by atoms with Gasteiger partial charge in [0.05, 0.1) is 11.8 Å². The summed E-state index contributed by atoms with van der Waals surface area (Å²) in [5, 5.41) is 18.5. The quantitative estimate of drug-likeness (QED) is 0.590. The van der Waals surface area contributed by atoms with Crippen LogP contribution in [0, 0.1) is 6.92 Å². The van der Waals surface area contributed by atoms with E-state index in [0.29, 0.717) is 30.2 Å². The number of carbonyl (C=O) groups is 1. The summed E-state index contributed by atoms with van der Waals surface area (Å²) in [7, 11) is 0. The summed E-state index contributed by atoms with van der Waals surface area (Å²) in [4.78, 5) is 12.1. The van der Waals surface area contributed by atoms with Gasteiger partial charge in [-0.05, 0) is 25.4 Å². The molecule has 0 spiro atoms. The van der Waals surface area contributed by atoms with Gasteiger partial charge < -0.3 is 15.7 Å². The number of hydrogen-bond donors (Lipinski definition) is 3. The molecule has 6 nitrogen and oxygen atoms in total. The van der Waals surface area contributed by atoms with E-state index in [-0.39, 0.29) is 12.0 Å². The molecule has 1 rings (SSSR count). The van der Waals surface area contributed by atoms with Crippen LogP contribution in [0.15, 0.2) is 0 Å². The van der Waals surface area contributed by atoms with Crippen molar-refractivity contribution in [1.82, 2.24) is 20.2 Å². The molecule has 0 radical (unpaired) electrons. The number of nitrogens with zero attached hydrogens (tertiary/aromatic N) is 2. The zero-order chi connectivity index (χ0) is 12.0. The number of rotatable bonds is 6. The lowest BCUT2D eigenvalue weighted by atomic mass is 10.3. The first kappa shape index (κ1) is 13.0. The van der Waals surface area contributed by atoms with Crippen molar-refractivity contribution in [2.45, 2.75) is 20.0 Å². The maximum Gasteiger partial charge on any atom is 0.264 e. The van der Waals surface area contributed by atoms with Crippen LogP contribution < -0.4 is 10.6 Å². The molecule has 0 aliphatic rings. The third-order valence-corrected chi connectivity index (χ3v) is 2.71. The van der Waals surface area contributed by atoms with Crippen LogP contribution >= 0.6 is 11.5 Å². The maximum atomic E-state index is 11.6. The van der Waals surface area contributed by atoms with E-state index in [1.165, 1.54) is 0 Å². The average Bonchev–Trinajstić information content (AvgIpc) is 2.63. The van der Waals surface area contributed by atoms with E-state index in [9.17, 15) is 4.79 Å². The lowest BCUT2D eigenvalue weighted by Gasteiger charge is -2.07. The van der Waals surface area contributed by atoms with Gasteiger partial charge >= 0.3 is 0 Å². The van der Waals surface area contributed by atoms with Crippen molar-refractivity contribution in [2.24, 2.45) is 0 Å². The second kappa shape index (κ2) is 6.51. The monoisotopic (exact) mass is 244 g/mol. The van der Waals surface area contributed by atoms with Gasteiger partial charge in [0.1, 0.15) is 4.88 Å². The van der Waals surface area contributed by atoms with Crippen molar-refractivity contribution in [3.8, 4) is 0 Å². The van der Waals surface area contributed by atoms with Crippen molar-refractivity contribution in [2.75, 3.05) is 19.6 Å². The highest BCUT2D eigenvalue weighted by atomic mass is 32.1. The van der Waals surface area contributed by atoms with Crippen molar-refractivity contribution in [3.63, 3.8) is 0 Å². The molecule has 1 aromatic heterocycles.